The summed E-state index contributed by atoms with van der Waals surface area (Å²) in [5, 5.41) is 0. The molecule has 1 aliphatic carbocycles. The predicted molar refractivity (Wildman–Crippen MR) is 74.8 cm³/mol. The van der Waals surface area contributed by atoms with Gasteiger partial charge in [0.15, 0.2) is 0 Å². The topological polar surface area (TPSA) is 43.4 Å². The fourth-order valence-corrected chi connectivity index (χ4v) is 3.55. The van der Waals surface area contributed by atoms with E-state index in [9.17, 15) is 9.00 Å². The molecule has 4 heteroatoms. The van der Waals surface area contributed by atoms with Gasteiger partial charge in [-0.3, -0.25) is 9.00 Å². The molecule has 0 spiro atoms. The molecule has 1 fully saturated rings. The fraction of sp³-hybridized carbons (Fsp3) is 0.929. The predicted octanol–water partition coefficient (Wildman–Crippen LogP) is 2.90. The Balaban J connectivity index is 2.36. The molecule has 0 saturated heterocycles. The Morgan fingerprint density at radius 1 is 1.22 bits per heavy atom. The lowest BCUT2D eigenvalue weighted by atomic mass is 9.83. The van der Waals surface area contributed by atoms with E-state index in [0.717, 1.165) is 31.4 Å². The van der Waals surface area contributed by atoms with Crippen molar-refractivity contribution in [1.82, 2.24) is 0 Å². The Morgan fingerprint density at radius 3 is 2.22 bits per heavy atom. The van der Waals surface area contributed by atoms with Crippen LogP contribution in [-0.4, -0.2) is 27.3 Å². The molecule has 1 atom stereocenters. The number of carbonyl (C=O) groups is 1. The molecule has 0 radical (unpaired) electrons. The van der Waals surface area contributed by atoms with Gasteiger partial charge in [-0.25, -0.2) is 0 Å². The van der Waals surface area contributed by atoms with Crippen molar-refractivity contribution in [3.05, 3.63) is 0 Å². The maximum Gasteiger partial charge on any atom is 0.308 e. The first-order chi connectivity index (χ1) is 8.34. The fourth-order valence-electron chi connectivity index (χ4n) is 2.29. The summed E-state index contributed by atoms with van der Waals surface area (Å²) in [5.41, 5.74) is 0. The number of hydrogen-bond acceptors (Lipinski definition) is 3. The highest BCUT2D eigenvalue weighted by atomic mass is 32.2. The van der Waals surface area contributed by atoms with Crippen molar-refractivity contribution >= 4 is 16.8 Å². The molecule has 0 bridgehead atoms. The normalized spacial score (nSPS) is 26.7. The minimum absolute atomic E-state index is 0.0482. The summed E-state index contributed by atoms with van der Waals surface area (Å²) in [6, 6.07) is 0. The number of hydrogen-bond donors (Lipinski definition) is 0. The van der Waals surface area contributed by atoms with Crippen molar-refractivity contribution in [3.8, 4) is 0 Å². The molecule has 0 aromatic heterocycles. The van der Waals surface area contributed by atoms with E-state index in [-0.39, 0.29) is 16.6 Å². The smallest absolute Gasteiger partial charge is 0.308 e. The first kappa shape index (κ1) is 15.7. The Labute approximate surface area is 113 Å². The summed E-state index contributed by atoms with van der Waals surface area (Å²) in [6.07, 6.45) is 3.80. The first-order valence-electron chi connectivity index (χ1n) is 6.89. The van der Waals surface area contributed by atoms with Crippen molar-refractivity contribution in [1.29, 1.82) is 0 Å². The van der Waals surface area contributed by atoms with E-state index in [1.54, 1.807) is 0 Å². The van der Waals surface area contributed by atoms with Gasteiger partial charge in [0.25, 0.3) is 0 Å². The third kappa shape index (κ3) is 4.71. The lowest BCUT2D eigenvalue weighted by Crippen LogP contribution is -2.30. The van der Waals surface area contributed by atoms with Crippen LogP contribution in [0.4, 0.5) is 0 Å². The van der Waals surface area contributed by atoms with E-state index >= 15 is 0 Å². The van der Waals surface area contributed by atoms with E-state index in [2.05, 4.69) is 0 Å². The van der Waals surface area contributed by atoms with E-state index in [4.69, 9.17) is 4.74 Å². The lowest BCUT2D eigenvalue weighted by molar-refractivity contribution is -0.149. The number of rotatable bonds is 4. The van der Waals surface area contributed by atoms with Crippen LogP contribution in [0.3, 0.4) is 0 Å². The molecule has 1 unspecified atom stereocenters. The molecule has 0 heterocycles. The van der Waals surface area contributed by atoms with Crippen LogP contribution < -0.4 is 0 Å². The van der Waals surface area contributed by atoms with Gasteiger partial charge in [-0.1, -0.05) is 0 Å². The van der Waals surface area contributed by atoms with Crippen LogP contribution >= 0.6 is 0 Å². The standard InChI is InChI=1S/C14H26O3S/c1-5-17-13(15)12-8-6-11(7-9-12)10-18(16)14(2,3)4/h11-12H,5-10H2,1-4H3. The van der Waals surface area contributed by atoms with Crippen LogP contribution in [0.2, 0.25) is 0 Å². The maximum atomic E-state index is 12.1. The highest BCUT2D eigenvalue weighted by Gasteiger charge is 2.30. The zero-order chi connectivity index (χ0) is 13.8. The SMILES string of the molecule is CCOC(=O)C1CCC(CS(=O)C(C)(C)C)CC1. The molecule has 1 saturated carbocycles. The van der Waals surface area contributed by atoms with Crippen LogP contribution in [-0.2, 0) is 20.3 Å². The molecule has 0 aromatic rings. The molecule has 0 amide bonds. The average molecular weight is 274 g/mol. The highest BCUT2D eigenvalue weighted by Crippen LogP contribution is 2.31. The van der Waals surface area contributed by atoms with Gasteiger partial charge in [0.1, 0.15) is 0 Å². The largest absolute Gasteiger partial charge is 0.466 e. The Morgan fingerprint density at radius 2 is 1.78 bits per heavy atom. The summed E-state index contributed by atoms with van der Waals surface area (Å²) in [6.45, 7) is 8.37. The third-order valence-electron chi connectivity index (χ3n) is 3.54. The second-order valence-electron chi connectivity index (χ2n) is 6.09. The maximum absolute atomic E-state index is 12.1. The molecule has 0 aromatic carbocycles. The summed E-state index contributed by atoms with van der Waals surface area (Å²) >= 11 is 0. The lowest BCUT2D eigenvalue weighted by Gasteiger charge is -2.29. The molecule has 18 heavy (non-hydrogen) atoms. The van der Waals surface area contributed by atoms with Gasteiger partial charge in [-0.15, -0.1) is 0 Å². The first-order valence-corrected chi connectivity index (χ1v) is 8.21. The van der Waals surface area contributed by atoms with Gasteiger partial charge in [0.2, 0.25) is 0 Å². The molecule has 0 aliphatic heterocycles. The zero-order valence-electron chi connectivity index (χ0n) is 12.0. The van der Waals surface area contributed by atoms with Crippen LogP contribution in [0.25, 0.3) is 0 Å². The van der Waals surface area contributed by atoms with Crippen molar-refractivity contribution in [2.24, 2.45) is 11.8 Å². The second-order valence-corrected chi connectivity index (χ2v) is 8.34. The van der Waals surface area contributed by atoms with Gasteiger partial charge in [0.05, 0.1) is 12.5 Å². The Hall–Kier alpha value is -0.380. The van der Waals surface area contributed by atoms with Gasteiger partial charge in [-0.2, -0.15) is 0 Å². The van der Waals surface area contributed by atoms with Crippen LogP contribution in [0.5, 0.6) is 0 Å². The van der Waals surface area contributed by atoms with E-state index in [1.165, 1.54) is 0 Å². The number of esters is 1. The van der Waals surface area contributed by atoms with Crippen LogP contribution in [0, 0.1) is 11.8 Å². The van der Waals surface area contributed by atoms with Gasteiger partial charge in [0, 0.05) is 21.3 Å². The van der Waals surface area contributed by atoms with E-state index in [0.29, 0.717) is 12.5 Å². The summed E-state index contributed by atoms with van der Waals surface area (Å²) in [4.78, 5) is 11.6. The van der Waals surface area contributed by atoms with Gasteiger partial charge in [-0.05, 0) is 59.3 Å². The second kappa shape index (κ2) is 6.69. The summed E-state index contributed by atoms with van der Waals surface area (Å²) in [7, 11) is -0.776. The zero-order valence-corrected chi connectivity index (χ0v) is 12.8. The minimum Gasteiger partial charge on any atom is -0.466 e. The Kier molecular flexibility index (Phi) is 5.83. The van der Waals surface area contributed by atoms with Gasteiger partial charge < -0.3 is 4.74 Å². The molecule has 1 rings (SSSR count). The molecule has 3 nitrogen and oxygen atoms in total. The van der Waals surface area contributed by atoms with Gasteiger partial charge >= 0.3 is 5.97 Å². The quantitative estimate of drug-likeness (QED) is 0.740. The molecule has 106 valence electrons. The highest BCUT2D eigenvalue weighted by molar-refractivity contribution is 7.86. The Bertz CT molecular complexity index is 299. The molecular formula is C14H26O3S. The molecule has 1 aliphatic rings. The van der Waals surface area contributed by atoms with Crippen molar-refractivity contribution in [2.45, 2.75) is 58.1 Å². The van der Waals surface area contributed by atoms with Crippen LogP contribution in [0.1, 0.15) is 53.4 Å². The molecule has 0 N–H and O–H groups in total. The average Bonchev–Trinajstić information content (AvgIpc) is 2.29. The third-order valence-corrected chi connectivity index (χ3v) is 5.68. The monoisotopic (exact) mass is 274 g/mol. The number of ether oxygens (including phenoxy) is 1. The van der Waals surface area contributed by atoms with Crippen molar-refractivity contribution < 1.29 is 13.7 Å². The van der Waals surface area contributed by atoms with E-state index in [1.807, 2.05) is 27.7 Å². The number of carbonyl (C=O) groups excluding carboxylic acids is 1. The summed E-state index contributed by atoms with van der Waals surface area (Å²) < 4.78 is 17.0. The van der Waals surface area contributed by atoms with Crippen LogP contribution in [0.15, 0.2) is 0 Å². The van der Waals surface area contributed by atoms with E-state index < -0.39 is 10.8 Å². The summed E-state index contributed by atoms with van der Waals surface area (Å²) in [5.74, 6) is 1.31. The van der Waals surface area contributed by atoms with Crippen molar-refractivity contribution in [2.75, 3.05) is 12.4 Å². The van der Waals surface area contributed by atoms with Crippen molar-refractivity contribution in [3.63, 3.8) is 0 Å². The minimum atomic E-state index is -0.776. The molecular weight excluding hydrogens is 248 g/mol.